The summed E-state index contributed by atoms with van der Waals surface area (Å²) >= 11 is 0. The zero-order valence-electron chi connectivity index (χ0n) is 14.8. The van der Waals surface area contributed by atoms with Crippen LogP contribution in [0.25, 0.3) is 22.5 Å². The molecule has 0 fully saturated rings. The number of unbranched alkanes of at least 4 members (excludes halogenated alkanes) is 2. The Labute approximate surface area is 154 Å². The lowest BCUT2D eigenvalue weighted by atomic mass is 10.0. The van der Waals surface area contributed by atoms with Crippen molar-refractivity contribution >= 4 is 0 Å². The van der Waals surface area contributed by atoms with Crippen LogP contribution in [0.15, 0.2) is 42.7 Å². The van der Waals surface area contributed by atoms with Crippen molar-refractivity contribution in [3.63, 3.8) is 0 Å². The van der Waals surface area contributed by atoms with E-state index in [2.05, 4.69) is 16.9 Å². The molecule has 1 aromatic heterocycles. The number of nitrogens with zero attached hydrogens (tertiary/aromatic N) is 2. The molecule has 3 aromatic rings. The molecule has 0 atom stereocenters. The minimum absolute atomic E-state index is 0.0640. The molecule has 6 heteroatoms. The van der Waals surface area contributed by atoms with E-state index in [0.717, 1.165) is 37.5 Å². The molecule has 0 spiro atoms. The van der Waals surface area contributed by atoms with Gasteiger partial charge in [0.1, 0.15) is 23.3 Å². The molecule has 0 radical (unpaired) electrons. The molecule has 0 saturated heterocycles. The molecular formula is C21H18F4N2. The van der Waals surface area contributed by atoms with Gasteiger partial charge in [0.2, 0.25) is 0 Å². The third-order valence-electron chi connectivity index (χ3n) is 4.23. The van der Waals surface area contributed by atoms with Crippen molar-refractivity contribution in [2.24, 2.45) is 0 Å². The first-order chi connectivity index (χ1) is 13.0. The molecule has 2 nitrogen and oxygen atoms in total. The maximum Gasteiger partial charge on any atom is 0.159 e. The number of rotatable bonds is 6. The molecule has 3 rings (SSSR count). The molecule has 0 aliphatic carbocycles. The van der Waals surface area contributed by atoms with Gasteiger partial charge in [-0.15, -0.1) is 0 Å². The van der Waals surface area contributed by atoms with E-state index in [1.165, 1.54) is 24.5 Å². The van der Waals surface area contributed by atoms with Gasteiger partial charge in [-0.2, -0.15) is 0 Å². The number of aryl methyl sites for hydroxylation is 1. The monoisotopic (exact) mass is 374 g/mol. The van der Waals surface area contributed by atoms with Crippen LogP contribution in [-0.4, -0.2) is 9.97 Å². The highest BCUT2D eigenvalue weighted by Gasteiger charge is 2.15. The smallest absolute Gasteiger partial charge is 0.159 e. The van der Waals surface area contributed by atoms with Crippen molar-refractivity contribution < 1.29 is 17.6 Å². The van der Waals surface area contributed by atoms with Crippen molar-refractivity contribution in [3.8, 4) is 22.5 Å². The molecule has 27 heavy (non-hydrogen) atoms. The summed E-state index contributed by atoms with van der Waals surface area (Å²) in [5.74, 6) is -2.82. The highest BCUT2D eigenvalue weighted by Crippen LogP contribution is 2.28. The second-order valence-corrected chi connectivity index (χ2v) is 6.35. The molecule has 0 amide bonds. The van der Waals surface area contributed by atoms with Gasteiger partial charge in [-0.05, 0) is 42.7 Å². The Morgan fingerprint density at radius 3 is 1.89 bits per heavy atom. The molecule has 0 bridgehead atoms. The Bertz CT molecular complexity index is 896. The van der Waals surface area contributed by atoms with E-state index in [4.69, 9.17) is 0 Å². The lowest BCUT2D eigenvalue weighted by molar-refractivity contribution is 0.583. The Morgan fingerprint density at radius 2 is 1.33 bits per heavy atom. The van der Waals surface area contributed by atoms with Gasteiger partial charge in [0, 0.05) is 29.6 Å². The van der Waals surface area contributed by atoms with Crippen molar-refractivity contribution in [1.29, 1.82) is 0 Å². The minimum atomic E-state index is -0.756. The molecule has 0 saturated carbocycles. The lowest BCUT2D eigenvalue weighted by Gasteiger charge is -2.09. The van der Waals surface area contributed by atoms with Crippen LogP contribution in [0.1, 0.15) is 31.7 Å². The predicted octanol–water partition coefficient (Wildman–Crippen LogP) is 6.10. The third kappa shape index (κ3) is 4.51. The summed E-state index contributed by atoms with van der Waals surface area (Å²) < 4.78 is 55.5. The van der Waals surface area contributed by atoms with Crippen LogP contribution in [-0.2, 0) is 6.42 Å². The summed E-state index contributed by atoms with van der Waals surface area (Å²) in [5, 5.41) is 0. The Balaban J connectivity index is 1.88. The lowest BCUT2D eigenvalue weighted by Crippen LogP contribution is -1.97. The Hall–Kier alpha value is -2.76. The summed E-state index contributed by atoms with van der Waals surface area (Å²) in [6.07, 6.45) is 6.00. The molecule has 140 valence electrons. The topological polar surface area (TPSA) is 25.8 Å². The summed E-state index contributed by atoms with van der Waals surface area (Å²) in [5.41, 5.74) is 0.693. The fraction of sp³-hybridized carbons (Fsp3) is 0.238. The van der Waals surface area contributed by atoms with E-state index < -0.39 is 23.3 Å². The highest BCUT2D eigenvalue weighted by atomic mass is 19.1. The van der Waals surface area contributed by atoms with Crippen LogP contribution in [0.3, 0.4) is 0 Å². The van der Waals surface area contributed by atoms with E-state index in [1.54, 1.807) is 0 Å². The molecule has 1 heterocycles. The van der Waals surface area contributed by atoms with E-state index in [1.807, 2.05) is 0 Å². The predicted molar refractivity (Wildman–Crippen MR) is 96.0 cm³/mol. The zero-order valence-corrected chi connectivity index (χ0v) is 14.8. The minimum Gasteiger partial charge on any atom is -0.236 e. The van der Waals surface area contributed by atoms with Gasteiger partial charge in [-0.25, -0.2) is 27.5 Å². The molecular weight excluding hydrogens is 356 g/mol. The quantitative estimate of drug-likeness (QED) is 0.385. The molecule has 0 unspecified atom stereocenters. The molecule has 2 aromatic carbocycles. The number of hydrogen-bond donors (Lipinski definition) is 0. The molecule has 0 aliphatic rings. The van der Waals surface area contributed by atoms with Gasteiger partial charge in [0.25, 0.3) is 0 Å². The molecule has 0 N–H and O–H groups in total. The van der Waals surface area contributed by atoms with Gasteiger partial charge in [0.05, 0.1) is 5.56 Å². The average molecular weight is 374 g/mol. The van der Waals surface area contributed by atoms with Crippen LogP contribution in [0, 0.1) is 23.3 Å². The van der Waals surface area contributed by atoms with Crippen molar-refractivity contribution in [2.45, 2.75) is 32.6 Å². The highest BCUT2D eigenvalue weighted by molar-refractivity contribution is 5.65. The number of halogens is 4. The SMILES string of the molecule is CCCCCc1cc(F)c(-c2cnc(-c3cc(F)cc(F)c3)nc2)c(F)c1. The maximum atomic E-state index is 14.4. The van der Waals surface area contributed by atoms with Gasteiger partial charge < -0.3 is 0 Å². The third-order valence-corrected chi connectivity index (χ3v) is 4.23. The first kappa shape index (κ1) is 19.0. The van der Waals surface area contributed by atoms with E-state index in [-0.39, 0.29) is 22.5 Å². The normalized spacial score (nSPS) is 11.0. The largest absolute Gasteiger partial charge is 0.236 e. The summed E-state index contributed by atoms with van der Waals surface area (Å²) in [6.45, 7) is 2.06. The van der Waals surface area contributed by atoms with Crippen LogP contribution < -0.4 is 0 Å². The summed E-state index contributed by atoms with van der Waals surface area (Å²) in [7, 11) is 0. The number of aromatic nitrogens is 2. The van der Waals surface area contributed by atoms with Gasteiger partial charge in [-0.1, -0.05) is 19.8 Å². The summed E-state index contributed by atoms with van der Waals surface area (Å²) in [4.78, 5) is 7.99. The van der Waals surface area contributed by atoms with Gasteiger partial charge >= 0.3 is 0 Å². The standard InChI is InChI=1S/C21H18F4N2/c1-2-3-4-5-13-6-18(24)20(19(25)7-13)15-11-26-21(27-12-15)14-8-16(22)10-17(23)9-14/h6-12H,2-5H2,1H3. The van der Waals surface area contributed by atoms with Crippen molar-refractivity contribution in [2.75, 3.05) is 0 Å². The fourth-order valence-corrected chi connectivity index (χ4v) is 2.91. The fourth-order valence-electron chi connectivity index (χ4n) is 2.91. The van der Waals surface area contributed by atoms with Crippen molar-refractivity contribution in [1.82, 2.24) is 9.97 Å². The average Bonchev–Trinajstić information content (AvgIpc) is 2.61. The summed E-state index contributed by atoms with van der Waals surface area (Å²) in [6, 6.07) is 5.56. The Kier molecular flexibility index (Phi) is 5.84. The van der Waals surface area contributed by atoms with E-state index in [0.29, 0.717) is 12.0 Å². The zero-order chi connectivity index (χ0) is 19.4. The number of hydrogen-bond acceptors (Lipinski definition) is 2. The van der Waals surface area contributed by atoms with E-state index >= 15 is 0 Å². The Morgan fingerprint density at radius 1 is 0.741 bits per heavy atom. The van der Waals surface area contributed by atoms with Crippen molar-refractivity contribution in [3.05, 3.63) is 71.6 Å². The van der Waals surface area contributed by atoms with Crippen LogP contribution in [0.2, 0.25) is 0 Å². The van der Waals surface area contributed by atoms with Crippen LogP contribution >= 0.6 is 0 Å². The van der Waals surface area contributed by atoms with E-state index in [9.17, 15) is 17.6 Å². The first-order valence-electron chi connectivity index (χ1n) is 8.74. The number of benzene rings is 2. The van der Waals surface area contributed by atoms with Crippen LogP contribution in [0.5, 0.6) is 0 Å². The maximum absolute atomic E-state index is 14.4. The molecule has 0 aliphatic heterocycles. The van der Waals surface area contributed by atoms with Crippen LogP contribution in [0.4, 0.5) is 17.6 Å². The first-order valence-corrected chi connectivity index (χ1v) is 8.74. The second kappa shape index (κ2) is 8.29. The van der Waals surface area contributed by atoms with Gasteiger partial charge in [-0.3, -0.25) is 0 Å². The second-order valence-electron chi connectivity index (χ2n) is 6.35. The van der Waals surface area contributed by atoms with Gasteiger partial charge in [0.15, 0.2) is 5.82 Å².